The first-order chi connectivity index (χ1) is 13.0. The van der Waals surface area contributed by atoms with Crippen LogP contribution < -0.4 is 0 Å². The van der Waals surface area contributed by atoms with Crippen LogP contribution in [0.5, 0.6) is 0 Å². The molecule has 0 aromatic carbocycles. The lowest BCUT2D eigenvalue weighted by Gasteiger charge is -2.08. The largest absolute Gasteiger partial charge is 0.298 e. The number of hydrogen-bond donors (Lipinski definition) is 0. The van der Waals surface area contributed by atoms with E-state index in [9.17, 15) is 4.39 Å². The summed E-state index contributed by atoms with van der Waals surface area (Å²) in [6, 6.07) is 9.66. The van der Waals surface area contributed by atoms with Crippen molar-refractivity contribution >= 4 is 5.57 Å². The molecule has 0 spiro atoms. The van der Waals surface area contributed by atoms with Crippen molar-refractivity contribution in [2.45, 2.75) is 27.2 Å². The number of pyridine rings is 2. The van der Waals surface area contributed by atoms with Gasteiger partial charge < -0.3 is 0 Å². The second kappa shape index (κ2) is 8.54. The lowest BCUT2D eigenvalue weighted by molar-refractivity contribution is 0.610. The zero-order chi connectivity index (χ0) is 19.2. The molecule has 0 bridgehead atoms. The molecule has 1 unspecified atom stereocenters. The maximum Gasteiger partial charge on any atom is 0.140 e. The summed E-state index contributed by atoms with van der Waals surface area (Å²) in [5.74, 6) is 0.807. The highest BCUT2D eigenvalue weighted by atomic mass is 19.1. The summed E-state index contributed by atoms with van der Waals surface area (Å²) >= 11 is 0. The van der Waals surface area contributed by atoms with Gasteiger partial charge in [-0.05, 0) is 56.0 Å². The number of hydrogen-bond acceptors (Lipinski definition) is 3. The summed E-state index contributed by atoms with van der Waals surface area (Å²) in [4.78, 5) is 13.4. The van der Waals surface area contributed by atoms with Gasteiger partial charge in [0.25, 0.3) is 0 Å². The van der Waals surface area contributed by atoms with Gasteiger partial charge in [0.1, 0.15) is 11.5 Å². The minimum atomic E-state index is -0.150. The third-order valence-corrected chi connectivity index (χ3v) is 4.22. The topological polar surface area (TPSA) is 43.6 Å². The molecule has 0 aliphatic heterocycles. The smallest absolute Gasteiger partial charge is 0.140 e. The van der Waals surface area contributed by atoms with Gasteiger partial charge in [0.2, 0.25) is 0 Å². The summed E-state index contributed by atoms with van der Waals surface area (Å²) in [5.41, 5.74) is 3.58. The van der Waals surface area contributed by atoms with Crippen LogP contribution in [0.4, 0.5) is 4.39 Å². The molecule has 0 saturated carbocycles. The molecule has 5 heteroatoms. The van der Waals surface area contributed by atoms with Crippen LogP contribution >= 0.6 is 0 Å². The Bertz CT molecular complexity index is 939. The van der Waals surface area contributed by atoms with Crippen molar-refractivity contribution in [1.82, 2.24) is 19.5 Å². The highest BCUT2D eigenvalue weighted by Gasteiger charge is 2.13. The fourth-order valence-electron chi connectivity index (χ4n) is 2.90. The van der Waals surface area contributed by atoms with E-state index in [-0.39, 0.29) is 11.7 Å². The van der Waals surface area contributed by atoms with Gasteiger partial charge >= 0.3 is 0 Å². The Labute approximate surface area is 159 Å². The van der Waals surface area contributed by atoms with Crippen molar-refractivity contribution in [2.24, 2.45) is 5.92 Å². The van der Waals surface area contributed by atoms with Crippen molar-refractivity contribution in [2.75, 3.05) is 0 Å². The molecule has 3 rings (SSSR count). The number of aromatic nitrogens is 4. The molecule has 0 aliphatic carbocycles. The maximum absolute atomic E-state index is 13.1. The quantitative estimate of drug-likeness (QED) is 0.570. The zero-order valence-electron chi connectivity index (χ0n) is 15.8. The van der Waals surface area contributed by atoms with Crippen molar-refractivity contribution in [3.05, 3.63) is 78.9 Å². The van der Waals surface area contributed by atoms with Gasteiger partial charge in [0.15, 0.2) is 0 Å². The average molecular weight is 362 g/mol. The SMILES string of the molecule is C/C(F)=C\C(C)C/C=C(\C)c1nc(-c2ccccn2)cn1-c1cccnc1. The number of imidazole rings is 1. The normalized spacial score (nSPS) is 13.6. The molecule has 0 aliphatic rings. The lowest BCUT2D eigenvalue weighted by atomic mass is 10.1. The van der Waals surface area contributed by atoms with E-state index >= 15 is 0 Å². The van der Waals surface area contributed by atoms with Gasteiger partial charge in [-0.3, -0.25) is 14.5 Å². The van der Waals surface area contributed by atoms with Crippen LogP contribution in [-0.4, -0.2) is 19.5 Å². The van der Waals surface area contributed by atoms with Crippen molar-refractivity contribution in [1.29, 1.82) is 0 Å². The molecule has 0 N–H and O–H groups in total. The van der Waals surface area contributed by atoms with E-state index in [1.54, 1.807) is 24.7 Å². The molecule has 27 heavy (non-hydrogen) atoms. The lowest BCUT2D eigenvalue weighted by Crippen LogP contribution is -1.99. The minimum Gasteiger partial charge on any atom is -0.298 e. The van der Waals surface area contributed by atoms with E-state index in [0.717, 1.165) is 34.9 Å². The van der Waals surface area contributed by atoms with E-state index in [1.165, 1.54) is 6.92 Å². The molecule has 0 radical (unpaired) electrons. The van der Waals surface area contributed by atoms with Crippen LogP contribution in [0.1, 0.15) is 33.0 Å². The van der Waals surface area contributed by atoms with E-state index in [2.05, 4.69) is 16.0 Å². The van der Waals surface area contributed by atoms with Gasteiger partial charge in [-0.25, -0.2) is 9.37 Å². The predicted octanol–water partition coefficient (Wildman–Crippen LogP) is 5.63. The van der Waals surface area contributed by atoms with Crippen LogP contribution in [-0.2, 0) is 0 Å². The highest BCUT2D eigenvalue weighted by molar-refractivity contribution is 5.65. The van der Waals surface area contributed by atoms with Crippen LogP contribution in [0.3, 0.4) is 0 Å². The molecule has 1 atom stereocenters. The van der Waals surface area contributed by atoms with Crippen molar-refractivity contribution in [3.63, 3.8) is 0 Å². The van der Waals surface area contributed by atoms with Gasteiger partial charge in [-0.1, -0.05) is 25.1 Å². The van der Waals surface area contributed by atoms with Crippen LogP contribution in [0, 0.1) is 5.92 Å². The summed E-state index contributed by atoms with van der Waals surface area (Å²) in [6.07, 6.45) is 11.8. The van der Waals surface area contributed by atoms with E-state index in [4.69, 9.17) is 4.98 Å². The molecule has 138 valence electrons. The Balaban J connectivity index is 2.00. The monoisotopic (exact) mass is 362 g/mol. The molecule has 3 aromatic heterocycles. The number of halogens is 1. The van der Waals surface area contributed by atoms with Crippen molar-refractivity contribution < 1.29 is 4.39 Å². The van der Waals surface area contributed by atoms with E-state index in [0.29, 0.717) is 0 Å². The Morgan fingerprint density at radius 2 is 2.00 bits per heavy atom. The summed E-state index contributed by atoms with van der Waals surface area (Å²) in [7, 11) is 0. The molecular formula is C22H23FN4. The van der Waals surface area contributed by atoms with Crippen LogP contribution in [0.25, 0.3) is 22.6 Å². The second-order valence-electron chi connectivity index (χ2n) is 6.60. The molecule has 3 aromatic rings. The second-order valence-corrected chi connectivity index (χ2v) is 6.60. The fraction of sp³-hybridized carbons (Fsp3) is 0.227. The first-order valence-corrected chi connectivity index (χ1v) is 8.97. The zero-order valence-corrected chi connectivity index (χ0v) is 15.8. The third-order valence-electron chi connectivity index (χ3n) is 4.22. The van der Waals surface area contributed by atoms with Crippen LogP contribution in [0.2, 0.25) is 0 Å². The highest BCUT2D eigenvalue weighted by Crippen LogP contribution is 2.25. The third kappa shape index (κ3) is 4.76. The Morgan fingerprint density at radius 1 is 1.15 bits per heavy atom. The van der Waals surface area contributed by atoms with Gasteiger partial charge in [0.05, 0.1) is 23.4 Å². The molecule has 3 heterocycles. The average Bonchev–Trinajstić information content (AvgIpc) is 3.12. The number of rotatable bonds is 6. The van der Waals surface area contributed by atoms with Gasteiger partial charge in [-0.2, -0.15) is 0 Å². The Hall–Kier alpha value is -3.08. The molecule has 0 amide bonds. The predicted molar refractivity (Wildman–Crippen MR) is 107 cm³/mol. The first-order valence-electron chi connectivity index (χ1n) is 8.97. The Kier molecular flexibility index (Phi) is 5.91. The van der Waals surface area contributed by atoms with Crippen LogP contribution in [0.15, 0.2) is 73.1 Å². The molecular weight excluding hydrogens is 339 g/mol. The number of nitrogens with zero attached hydrogens (tertiary/aromatic N) is 4. The first kappa shape index (κ1) is 18.7. The van der Waals surface area contributed by atoms with Gasteiger partial charge in [0, 0.05) is 18.6 Å². The molecule has 4 nitrogen and oxygen atoms in total. The number of allylic oxidation sites excluding steroid dienone is 4. The molecule has 0 saturated heterocycles. The fourth-order valence-corrected chi connectivity index (χ4v) is 2.90. The summed E-state index contributed by atoms with van der Waals surface area (Å²) < 4.78 is 15.1. The van der Waals surface area contributed by atoms with E-state index < -0.39 is 0 Å². The standard InChI is InChI=1S/C22H23FN4/c1-16(13-18(3)23)9-10-17(2)22-26-21(20-8-4-5-12-25-20)15-27(22)19-7-6-11-24-14-19/h4-8,10-16H,9H2,1-3H3/b17-10+,18-13+. The summed E-state index contributed by atoms with van der Waals surface area (Å²) in [5, 5.41) is 0. The Morgan fingerprint density at radius 3 is 2.67 bits per heavy atom. The van der Waals surface area contributed by atoms with Crippen molar-refractivity contribution in [3.8, 4) is 17.1 Å². The summed E-state index contributed by atoms with van der Waals surface area (Å²) in [6.45, 7) is 5.50. The van der Waals surface area contributed by atoms with E-state index in [1.807, 2.05) is 54.9 Å². The minimum absolute atomic E-state index is 0.127. The maximum atomic E-state index is 13.1. The van der Waals surface area contributed by atoms with Gasteiger partial charge in [-0.15, -0.1) is 0 Å². The molecule has 0 fully saturated rings.